The van der Waals surface area contributed by atoms with E-state index in [2.05, 4.69) is 13.8 Å². The minimum Gasteiger partial charge on any atom is -0.384 e. The number of hydrogen-bond donors (Lipinski definition) is 0. The van der Waals surface area contributed by atoms with Gasteiger partial charge in [-0.05, 0) is 84.9 Å². The van der Waals surface area contributed by atoms with Crippen molar-refractivity contribution in [3.63, 3.8) is 0 Å². The number of hydrogen-bond acceptors (Lipinski definition) is 3. The van der Waals surface area contributed by atoms with Crippen molar-refractivity contribution >= 4 is 5.78 Å². The second kappa shape index (κ2) is 6.88. The highest BCUT2D eigenvalue weighted by atomic mass is 16.5. The summed E-state index contributed by atoms with van der Waals surface area (Å²) in [7, 11) is 3.70. The molecule has 0 aromatic rings. The third kappa shape index (κ3) is 2.71. The predicted octanol–water partition coefficient (Wildman–Crippen LogP) is 4.73. The highest BCUT2D eigenvalue weighted by Gasteiger charge is 2.61. The Hall–Kier alpha value is -0.410. The maximum absolute atomic E-state index is 12.3. The van der Waals surface area contributed by atoms with Crippen LogP contribution in [-0.4, -0.2) is 33.2 Å². The third-order valence-corrected chi connectivity index (χ3v) is 9.61. The van der Waals surface area contributed by atoms with Crippen molar-refractivity contribution in [3.8, 4) is 0 Å². The first-order chi connectivity index (χ1) is 12.4. The molecule has 4 saturated carbocycles. The summed E-state index contributed by atoms with van der Waals surface area (Å²) >= 11 is 0. The van der Waals surface area contributed by atoms with Gasteiger partial charge in [0, 0.05) is 40.3 Å². The molecule has 0 radical (unpaired) electrons. The molecule has 3 nitrogen and oxygen atoms in total. The van der Waals surface area contributed by atoms with E-state index in [4.69, 9.17) is 9.47 Å². The Kier molecular flexibility index (Phi) is 5.01. The topological polar surface area (TPSA) is 35.5 Å². The molecule has 0 amide bonds. The van der Waals surface area contributed by atoms with Gasteiger partial charge in [0.15, 0.2) is 0 Å². The van der Waals surface area contributed by atoms with Gasteiger partial charge in [-0.1, -0.05) is 13.8 Å². The van der Waals surface area contributed by atoms with Gasteiger partial charge in [0.05, 0.1) is 0 Å². The van der Waals surface area contributed by atoms with Crippen LogP contribution in [0.4, 0.5) is 0 Å². The van der Waals surface area contributed by atoms with Gasteiger partial charge in [-0.15, -0.1) is 0 Å². The van der Waals surface area contributed by atoms with E-state index >= 15 is 0 Å². The van der Waals surface area contributed by atoms with Crippen molar-refractivity contribution in [2.24, 2.45) is 46.3 Å². The molecule has 148 valence electrons. The summed E-state index contributed by atoms with van der Waals surface area (Å²) in [6.45, 7) is 6.87. The molecule has 0 saturated heterocycles. The van der Waals surface area contributed by atoms with E-state index in [1.165, 1.54) is 32.1 Å². The first kappa shape index (κ1) is 18.9. The summed E-state index contributed by atoms with van der Waals surface area (Å²) < 4.78 is 11.3. The molecule has 4 fully saturated rings. The van der Waals surface area contributed by atoms with Crippen LogP contribution < -0.4 is 0 Å². The Morgan fingerprint density at radius 2 is 1.65 bits per heavy atom. The number of carbonyl (C=O) groups is 1. The highest BCUT2D eigenvalue weighted by molar-refractivity contribution is 5.79. The summed E-state index contributed by atoms with van der Waals surface area (Å²) in [4.78, 5) is 12.3. The van der Waals surface area contributed by atoms with Gasteiger partial charge in [0.1, 0.15) is 5.78 Å². The van der Waals surface area contributed by atoms with Crippen LogP contribution in [0.15, 0.2) is 0 Å². The molecule has 4 aliphatic rings. The zero-order valence-electron chi connectivity index (χ0n) is 17.3. The molecule has 0 aromatic carbocycles. The fourth-order valence-corrected chi connectivity index (χ4v) is 8.27. The van der Waals surface area contributed by atoms with Gasteiger partial charge in [-0.25, -0.2) is 0 Å². The van der Waals surface area contributed by atoms with Crippen molar-refractivity contribution in [3.05, 3.63) is 0 Å². The lowest BCUT2D eigenvalue weighted by atomic mass is 9.43. The van der Waals surface area contributed by atoms with Crippen LogP contribution in [0.5, 0.6) is 0 Å². The molecule has 0 unspecified atom stereocenters. The summed E-state index contributed by atoms with van der Waals surface area (Å²) in [5.74, 6) is 4.82. The highest BCUT2D eigenvalue weighted by Crippen LogP contribution is 2.68. The predicted molar refractivity (Wildman–Crippen MR) is 103 cm³/mol. The van der Waals surface area contributed by atoms with Gasteiger partial charge in [0.25, 0.3) is 0 Å². The third-order valence-electron chi connectivity index (χ3n) is 9.61. The van der Waals surface area contributed by atoms with E-state index in [1.807, 2.05) is 14.2 Å². The summed E-state index contributed by atoms with van der Waals surface area (Å²) in [6.07, 6.45) is 9.45. The van der Waals surface area contributed by atoms with E-state index < -0.39 is 0 Å². The molecule has 4 aliphatic carbocycles. The first-order valence-electron chi connectivity index (χ1n) is 10.9. The van der Waals surface area contributed by atoms with Gasteiger partial charge in [-0.2, -0.15) is 0 Å². The van der Waals surface area contributed by atoms with E-state index in [1.54, 1.807) is 0 Å². The molecule has 0 bridgehead atoms. The van der Waals surface area contributed by atoms with Crippen LogP contribution in [0, 0.1) is 46.3 Å². The largest absolute Gasteiger partial charge is 0.384 e. The lowest BCUT2D eigenvalue weighted by Crippen LogP contribution is -2.57. The molecular weight excluding hydrogens is 324 g/mol. The normalized spacial score (nSPS) is 50.8. The van der Waals surface area contributed by atoms with Crippen LogP contribution in [-0.2, 0) is 14.3 Å². The minimum atomic E-state index is 0.348. The number of rotatable bonds is 4. The standard InChI is InChI=1S/C23H38O3/c1-22-10-8-20-18(19(22)6-5-16(22)14-26-4)11-15(13-25-3)21-12-17(24)7-9-23(20,21)2/h15-16,18-21H,5-14H2,1-4H3/t15-,16-,18+,19+,20+,21-,22-,23-/m1/s1. The fourth-order valence-electron chi connectivity index (χ4n) is 8.27. The molecule has 4 rings (SSSR count). The number of methoxy groups -OCH3 is 2. The number of ketones is 1. The second-order valence-electron chi connectivity index (χ2n) is 10.5. The van der Waals surface area contributed by atoms with Gasteiger partial charge < -0.3 is 9.47 Å². The summed E-state index contributed by atoms with van der Waals surface area (Å²) in [5.41, 5.74) is 0.809. The Balaban J connectivity index is 1.64. The van der Waals surface area contributed by atoms with Gasteiger partial charge in [-0.3, -0.25) is 4.79 Å². The summed E-state index contributed by atoms with van der Waals surface area (Å²) in [6, 6.07) is 0. The number of carbonyl (C=O) groups excluding carboxylic acids is 1. The quantitative estimate of drug-likeness (QED) is 0.725. The average Bonchev–Trinajstić information content (AvgIpc) is 2.94. The van der Waals surface area contributed by atoms with Crippen LogP contribution in [0.2, 0.25) is 0 Å². The van der Waals surface area contributed by atoms with E-state index in [9.17, 15) is 4.79 Å². The van der Waals surface area contributed by atoms with Crippen molar-refractivity contribution in [1.29, 1.82) is 0 Å². The SMILES string of the molecule is COC[C@H]1C[C@@H]2[C@H](CC[C@]3(C)[C@@H](COC)CC[C@@H]23)[C@@]2(C)CCC(=O)C[C@H]12. The fraction of sp³-hybridized carbons (Fsp3) is 0.957. The number of fused-ring (bicyclic) bond motifs is 5. The smallest absolute Gasteiger partial charge is 0.133 e. The molecule has 0 N–H and O–H groups in total. The molecule has 0 spiro atoms. The zero-order chi connectivity index (χ0) is 18.5. The van der Waals surface area contributed by atoms with Crippen LogP contribution >= 0.6 is 0 Å². The molecule has 3 heteroatoms. The van der Waals surface area contributed by atoms with Crippen molar-refractivity contribution in [2.75, 3.05) is 27.4 Å². The van der Waals surface area contributed by atoms with Gasteiger partial charge >= 0.3 is 0 Å². The van der Waals surface area contributed by atoms with E-state index in [-0.39, 0.29) is 0 Å². The Morgan fingerprint density at radius 1 is 0.923 bits per heavy atom. The summed E-state index contributed by atoms with van der Waals surface area (Å²) in [5, 5.41) is 0. The molecule has 8 atom stereocenters. The molecular formula is C23H38O3. The van der Waals surface area contributed by atoms with Crippen LogP contribution in [0.25, 0.3) is 0 Å². The first-order valence-corrected chi connectivity index (χ1v) is 10.9. The molecule has 0 heterocycles. The van der Waals surface area contributed by atoms with E-state index in [0.717, 1.165) is 56.1 Å². The van der Waals surface area contributed by atoms with E-state index in [0.29, 0.717) is 28.4 Å². The second-order valence-corrected chi connectivity index (χ2v) is 10.5. The molecule has 26 heavy (non-hydrogen) atoms. The maximum Gasteiger partial charge on any atom is 0.133 e. The van der Waals surface area contributed by atoms with Crippen molar-refractivity contribution in [1.82, 2.24) is 0 Å². The lowest BCUT2D eigenvalue weighted by Gasteiger charge is -2.62. The molecule has 0 aliphatic heterocycles. The Labute approximate surface area is 159 Å². The van der Waals surface area contributed by atoms with Crippen LogP contribution in [0.3, 0.4) is 0 Å². The van der Waals surface area contributed by atoms with Gasteiger partial charge in [0.2, 0.25) is 0 Å². The zero-order valence-corrected chi connectivity index (χ0v) is 17.3. The van der Waals surface area contributed by atoms with Crippen molar-refractivity contribution in [2.45, 2.75) is 65.2 Å². The number of ether oxygens (including phenoxy) is 2. The Morgan fingerprint density at radius 3 is 2.38 bits per heavy atom. The van der Waals surface area contributed by atoms with Crippen LogP contribution in [0.1, 0.15) is 65.2 Å². The average molecular weight is 363 g/mol. The monoisotopic (exact) mass is 362 g/mol. The minimum absolute atomic E-state index is 0.348. The Bertz CT molecular complexity index is 546. The molecule has 0 aromatic heterocycles. The maximum atomic E-state index is 12.3. The number of Topliss-reactive ketones (excluding diaryl/α,β-unsaturated/α-hetero) is 1. The lowest BCUT2D eigenvalue weighted by molar-refractivity contribution is -0.157. The van der Waals surface area contributed by atoms with Crippen molar-refractivity contribution < 1.29 is 14.3 Å².